The van der Waals surface area contributed by atoms with Crippen LogP contribution in [0, 0.1) is 0 Å². The third kappa shape index (κ3) is 3.42. The Labute approximate surface area is 104 Å². The molecule has 4 nitrogen and oxygen atoms in total. The minimum atomic E-state index is 0.198. The Morgan fingerprint density at radius 3 is 2.76 bits per heavy atom. The molecule has 0 unspecified atom stereocenters. The van der Waals surface area contributed by atoms with E-state index in [9.17, 15) is 4.79 Å². The van der Waals surface area contributed by atoms with Crippen molar-refractivity contribution in [1.82, 2.24) is 14.8 Å². The van der Waals surface area contributed by atoms with Gasteiger partial charge >= 0.3 is 0 Å². The zero-order chi connectivity index (χ0) is 12.1. The molecule has 2 rings (SSSR count). The van der Waals surface area contributed by atoms with Crippen molar-refractivity contribution in [3.05, 3.63) is 42.2 Å². The molecule has 0 saturated carbocycles. The Morgan fingerprint density at radius 2 is 2.12 bits per heavy atom. The van der Waals surface area contributed by atoms with Crippen LogP contribution >= 0.6 is 11.8 Å². The van der Waals surface area contributed by atoms with E-state index in [4.69, 9.17) is 0 Å². The minimum Gasteiger partial charge on any atom is -0.312 e. The standard InChI is InChI=1S/C12H13N3OS/c1-15-9-13-14-12(15)17-8-11(16)7-10-5-3-2-4-6-10/h2-6,9H,7-8H2,1H3. The molecular formula is C12H13N3OS. The van der Waals surface area contributed by atoms with E-state index in [0.717, 1.165) is 10.7 Å². The minimum absolute atomic E-state index is 0.198. The van der Waals surface area contributed by atoms with Gasteiger partial charge < -0.3 is 4.57 Å². The summed E-state index contributed by atoms with van der Waals surface area (Å²) >= 11 is 1.42. The second-order valence-electron chi connectivity index (χ2n) is 3.71. The van der Waals surface area contributed by atoms with Crippen molar-refractivity contribution < 1.29 is 4.79 Å². The van der Waals surface area contributed by atoms with Crippen LogP contribution in [0.1, 0.15) is 5.56 Å². The number of benzene rings is 1. The largest absolute Gasteiger partial charge is 0.312 e. The maximum Gasteiger partial charge on any atom is 0.191 e. The molecule has 17 heavy (non-hydrogen) atoms. The first kappa shape index (κ1) is 11.9. The van der Waals surface area contributed by atoms with Crippen molar-refractivity contribution in [2.45, 2.75) is 11.6 Å². The quantitative estimate of drug-likeness (QED) is 0.755. The maximum atomic E-state index is 11.7. The molecule has 0 spiro atoms. The second-order valence-corrected chi connectivity index (χ2v) is 4.66. The van der Waals surface area contributed by atoms with E-state index in [1.54, 1.807) is 10.9 Å². The van der Waals surface area contributed by atoms with E-state index in [0.29, 0.717) is 12.2 Å². The van der Waals surface area contributed by atoms with Crippen molar-refractivity contribution in [2.75, 3.05) is 5.75 Å². The van der Waals surface area contributed by atoms with Gasteiger partial charge in [0.2, 0.25) is 0 Å². The third-order valence-electron chi connectivity index (χ3n) is 2.28. The summed E-state index contributed by atoms with van der Waals surface area (Å²) in [7, 11) is 1.87. The molecule has 1 aromatic carbocycles. The van der Waals surface area contributed by atoms with Gasteiger partial charge in [-0.1, -0.05) is 42.1 Å². The molecule has 0 radical (unpaired) electrons. The van der Waals surface area contributed by atoms with E-state index in [-0.39, 0.29) is 5.78 Å². The Bertz CT molecular complexity index is 495. The smallest absolute Gasteiger partial charge is 0.191 e. The summed E-state index contributed by atoms with van der Waals surface area (Å²) in [5.41, 5.74) is 1.05. The first-order chi connectivity index (χ1) is 8.25. The summed E-state index contributed by atoms with van der Waals surface area (Å²) in [4.78, 5) is 11.7. The fraction of sp³-hybridized carbons (Fsp3) is 0.250. The van der Waals surface area contributed by atoms with Gasteiger partial charge in [-0.05, 0) is 5.56 Å². The number of ketones is 1. The van der Waals surface area contributed by atoms with Gasteiger partial charge in [0.25, 0.3) is 0 Å². The van der Waals surface area contributed by atoms with Crippen LogP contribution in [0.4, 0.5) is 0 Å². The number of carbonyl (C=O) groups is 1. The molecule has 0 atom stereocenters. The van der Waals surface area contributed by atoms with Crippen LogP contribution in [0.15, 0.2) is 41.8 Å². The fourth-order valence-electron chi connectivity index (χ4n) is 1.42. The van der Waals surface area contributed by atoms with Crippen LogP contribution in [0.5, 0.6) is 0 Å². The molecule has 0 bridgehead atoms. The summed E-state index contributed by atoms with van der Waals surface area (Å²) in [5, 5.41) is 8.45. The number of Topliss-reactive ketones (excluding diaryl/α,β-unsaturated/α-hetero) is 1. The van der Waals surface area contributed by atoms with E-state index in [1.165, 1.54) is 11.8 Å². The molecule has 0 aliphatic carbocycles. The summed E-state index contributed by atoms with van der Waals surface area (Å²) in [5.74, 6) is 0.630. The molecule has 0 N–H and O–H groups in total. The molecule has 0 amide bonds. The molecule has 1 aromatic heterocycles. The number of rotatable bonds is 5. The predicted octanol–water partition coefficient (Wildman–Crippen LogP) is 1.72. The summed E-state index contributed by atoms with van der Waals surface area (Å²) < 4.78 is 1.81. The molecule has 0 aliphatic heterocycles. The van der Waals surface area contributed by atoms with Gasteiger partial charge in [-0.2, -0.15) is 0 Å². The van der Waals surface area contributed by atoms with Gasteiger partial charge in [-0.25, -0.2) is 0 Å². The molecule has 5 heteroatoms. The molecule has 0 fully saturated rings. The maximum absolute atomic E-state index is 11.7. The molecule has 88 valence electrons. The van der Waals surface area contributed by atoms with Crippen LogP contribution in [0.3, 0.4) is 0 Å². The Morgan fingerprint density at radius 1 is 1.35 bits per heavy atom. The van der Waals surface area contributed by atoms with Gasteiger partial charge in [0.05, 0.1) is 5.75 Å². The Hall–Kier alpha value is -1.62. The van der Waals surface area contributed by atoms with Crippen LogP contribution in [-0.2, 0) is 18.3 Å². The van der Waals surface area contributed by atoms with Crippen LogP contribution in [-0.4, -0.2) is 26.3 Å². The van der Waals surface area contributed by atoms with Crippen LogP contribution in [0.25, 0.3) is 0 Å². The molecule has 0 saturated heterocycles. The van der Waals surface area contributed by atoms with Crippen molar-refractivity contribution >= 4 is 17.5 Å². The number of nitrogens with zero attached hydrogens (tertiary/aromatic N) is 3. The average molecular weight is 247 g/mol. The number of thioether (sulfide) groups is 1. The lowest BCUT2D eigenvalue weighted by Crippen LogP contribution is -2.06. The summed E-state index contributed by atoms with van der Waals surface area (Å²) in [6.07, 6.45) is 2.11. The first-order valence-electron chi connectivity index (χ1n) is 5.28. The van der Waals surface area contributed by atoms with Crippen molar-refractivity contribution in [3.8, 4) is 0 Å². The number of aryl methyl sites for hydroxylation is 1. The lowest BCUT2D eigenvalue weighted by Gasteiger charge is -2.01. The van der Waals surface area contributed by atoms with Crippen molar-refractivity contribution in [2.24, 2.45) is 7.05 Å². The zero-order valence-corrected chi connectivity index (χ0v) is 10.4. The Kier molecular flexibility index (Phi) is 3.93. The summed E-state index contributed by atoms with van der Waals surface area (Å²) in [6.45, 7) is 0. The Balaban J connectivity index is 1.84. The first-order valence-corrected chi connectivity index (χ1v) is 6.26. The van der Waals surface area contributed by atoms with E-state index < -0.39 is 0 Å². The highest BCUT2D eigenvalue weighted by molar-refractivity contribution is 7.99. The van der Waals surface area contributed by atoms with Crippen LogP contribution in [0.2, 0.25) is 0 Å². The number of aromatic nitrogens is 3. The highest BCUT2D eigenvalue weighted by atomic mass is 32.2. The highest BCUT2D eigenvalue weighted by Crippen LogP contribution is 2.14. The monoisotopic (exact) mass is 247 g/mol. The fourth-order valence-corrected chi connectivity index (χ4v) is 2.17. The molecular weight excluding hydrogens is 234 g/mol. The third-order valence-corrected chi connectivity index (χ3v) is 3.37. The topological polar surface area (TPSA) is 47.8 Å². The number of carbonyl (C=O) groups excluding carboxylic acids is 1. The van der Waals surface area contributed by atoms with Crippen molar-refractivity contribution in [3.63, 3.8) is 0 Å². The van der Waals surface area contributed by atoms with E-state index >= 15 is 0 Å². The second kappa shape index (κ2) is 5.63. The molecule has 0 aliphatic rings. The van der Waals surface area contributed by atoms with Gasteiger partial charge in [0.1, 0.15) is 12.1 Å². The van der Waals surface area contributed by atoms with Gasteiger partial charge in [0, 0.05) is 13.5 Å². The number of hydrogen-bond donors (Lipinski definition) is 0. The molecule has 2 aromatic rings. The van der Waals surface area contributed by atoms with Gasteiger partial charge in [0.15, 0.2) is 5.16 Å². The zero-order valence-electron chi connectivity index (χ0n) is 9.54. The lowest BCUT2D eigenvalue weighted by molar-refractivity contribution is -0.116. The van der Waals surface area contributed by atoms with Crippen LogP contribution < -0.4 is 0 Å². The SMILES string of the molecule is Cn1cnnc1SCC(=O)Cc1ccccc1. The normalized spacial score (nSPS) is 10.4. The van der Waals surface area contributed by atoms with Crippen molar-refractivity contribution in [1.29, 1.82) is 0 Å². The predicted molar refractivity (Wildman–Crippen MR) is 66.9 cm³/mol. The lowest BCUT2D eigenvalue weighted by atomic mass is 10.1. The highest BCUT2D eigenvalue weighted by Gasteiger charge is 2.07. The van der Waals surface area contributed by atoms with E-state index in [1.807, 2.05) is 37.4 Å². The average Bonchev–Trinajstić information content (AvgIpc) is 2.74. The van der Waals surface area contributed by atoms with Gasteiger partial charge in [-0.15, -0.1) is 10.2 Å². The molecule has 1 heterocycles. The summed E-state index contributed by atoms with van der Waals surface area (Å²) in [6, 6.07) is 9.76. The number of hydrogen-bond acceptors (Lipinski definition) is 4. The van der Waals surface area contributed by atoms with Gasteiger partial charge in [-0.3, -0.25) is 4.79 Å². The van der Waals surface area contributed by atoms with E-state index in [2.05, 4.69) is 10.2 Å².